The van der Waals surface area contributed by atoms with E-state index in [1.54, 1.807) is 26.0 Å². The highest BCUT2D eigenvalue weighted by Gasteiger charge is 2.17. The first-order valence-corrected chi connectivity index (χ1v) is 9.89. The lowest BCUT2D eigenvalue weighted by molar-refractivity contribution is 0.102. The van der Waals surface area contributed by atoms with Crippen LogP contribution in [0.25, 0.3) is 0 Å². The molecule has 1 unspecified atom stereocenters. The van der Waals surface area contributed by atoms with Crippen LogP contribution < -0.4 is 10.0 Å². The van der Waals surface area contributed by atoms with Gasteiger partial charge >= 0.3 is 0 Å². The fourth-order valence-electron chi connectivity index (χ4n) is 2.23. The van der Waals surface area contributed by atoms with Crippen molar-refractivity contribution in [3.8, 4) is 0 Å². The molecule has 2 N–H and O–H groups in total. The molecule has 7 heteroatoms. The number of amides is 1. The fraction of sp³-hybridized carbons (Fsp3) is 0.316. The van der Waals surface area contributed by atoms with Crippen LogP contribution in [0.4, 0.5) is 10.1 Å². The van der Waals surface area contributed by atoms with E-state index < -0.39 is 21.1 Å². The molecule has 1 atom stereocenters. The Kier molecular flexibility index (Phi) is 6.50. The molecule has 140 valence electrons. The number of hydrogen-bond donors (Lipinski definition) is 2. The number of rotatable bonds is 7. The van der Waals surface area contributed by atoms with Gasteiger partial charge in [-0.25, -0.2) is 17.5 Å². The van der Waals surface area contributed by atoms with E-state index in [0.717, 1.165) is 5.56 Å². The highest BCUT2D eigenvalue weighted by atomic mass is 32.2. The molecule has 5 nitrogen and oxygen atoms in total. The lowest BCUT2D eigenvalue weighted by Crippen LogP contribution is -2.33. The smallest absolute Gasteiger partial charge is 0.255 e. The van der Waals surface area contributed by atoms with Crippen LogP contribution in [-0.2, 0) is 10.0 Å². The fourth-order valence-corrected chi connectivity index (χ4v) is 3.04. The molecule has 0 spiro atoms. The van der Waals surface area contributed by atoms with Crippen molar-refractivity contribution in [3.05, 3.63) is 65.5 Å². The van der Waals surface area contributed by atoms with Crippen molar-refractivity contribution in [1.29, 1.82) is 0 Å². The Balaban J connectivity index is 1.97. The van der Waals surface area contributed by atoms with Gasteiger partial charge in [0.2, 0.25) is 10.0 Å². The van der Waals surface area contributed by atoms with Crippen molar-refractivity contribution in [2.24, 2.45) is 0 Å². The molecule has 0 bridgehead atoms. The first-order valence-electron chi connectivity index (χ1n) is 8.34. The molecule has 2 aromatic rings. The predicted molar refractivity (Wildman–Crippen MR) is 101 cm³/mol. The average Bonchev–Trinajstić information content (AvgIpc) is 2.60. The van der Waals surface area contributed by atoms with Crippen molar-refractivity contribution in [2.45, 2.75) is 31.9 Å². The zero-order valence-electron chi connectivity index (χ0n) is 15.0. The van der Waals surface area contributed by atoms with E-state index in [4.69, 9.17) is 0 Å². The van der Waals surface area contributed by atoms with Crippen LogP contribution in [0.1, 0.15) is 42.6 Å². The van der Waals surface area contributed by atoms with Gasteiger partial charge in [-0.15, -0.1) is 0 Å². The number of nitrogens with one attached hydrogen (secondary N) is 2. The summed E-state index contributed by atoms with van der Waals surface area (Å²) in [4.78, 5) is 12.1. The number of carbonyl (C=O) groups excluding carboxylic acids is 1. The molecule has 0 saturated carbocycles. The molecule has 2 aromatic carbocycles. The minimum absolute atomic E-state index is 0.00891. The summed E-state index contributed by atoms with van der Waals surface area (Å²) in [6.07, 6.45) is 0. The minimum Gasteiger partial charge on any atom is -0.322 e. The van der Waals surface area contributed by atoms with Gasteiger partial charge in [-0.1, -0.05) is 19.1 Å². The Morgan fingerprint density at radius 1 is 1.00 bits per heavy atom. The number of carbonyl (C=O) groups is 1. The normalized spacial score (nSPS) is 12.8. The molecular formula is C19H23FN2O3S. The van der Waals surface area contributed by atoms with E-state index >= 15 is 0 Å². The second kappa shape index (κ2) is 8.42. The summed E-state index contributed by atoms with van der Waals surface area (Å²) in [7, 11) is -3.29. The maximum atomic E-state index is 12.9. The summed E-state index contributed by atoms with van der Waals surface area (Å²) in [5.74, 6) is -0.728. The molecule has 0 aromatic heterocycles. The third-order valence-electron chi connectivity index (χ3n) is 4.06. The largest absolute Gasteiger partial charge is 0.322 e. The number of anilines is 1. The minimum atomic E-state index is -3.29. The summed E-state index contributed by atoms with van der Waals surface area (Å²) in [6.45, 7) is 5.49. The van der Waals surface area contributed by atoms with Crippen LogP contribution in [0, 0.1) is 5.82 Å². The number of sulfonamides is 1. The molecular weight excluding hydrogens is 355 g/mol. The summed E-state index contributed by atoms with van der Waals surface area (Å²) >= 11 is 0. The van der Waals surface area contributed by atoms with E-state index in [9.17, 15) is 17.6 Å². The summed E-state index contributed by atoms with van der Waals surface area (Å²) in [6, 6.07) is 12.5. The SMILES string of the molecule is CC(CNS(=O)(=O)C(C)C)c1ccc(NC(=O)c2ccc(F)cc2)cc1. The monoisotopic (exact) mass is 378 g/mol. The molecule has 0 heterocycles. The van der Waals surface area contributed by atoms with Crippen LogP contribution in [0.2, 0.25) is 0 Å². The molecule has 0 saturated heterocycles. The van der Waals surface area contributed by atoms with Crippen LogP contribution in [0.3, 0.4) is 0 Å². The van der Waals surface area contributed by atoms with Gasteiger partial charge in [-0.05, 0) is 61.7 Å². The summed E-state index contributed by atoms with van der Waals surface area (Å²) in [5.41, 5.74) is 1.93. The predicted octanol–water partition coefficient (Wildman–Crippen LogP) is 3.51. The van der Waals surface area contributed by atoms with Gasteiger partial charge in [0.1, 0.15) is 5.82 Å². The molecule has 0 aliphatic carbocycles. The van der Waals surface area contributed by atoms with E-state index in [-0.39, 0.29) is 11.8 Å². The Hall–Kier alpha value is -2.25. The van der Waals surface area contributed by atoms with Gasteiger partial charge in [0.05, 0.1) is 5.25 Å². The zero-order valence-corrected chi connectivity index (χ0v) is 15.8. The van der Waals surface area contributed by atoms with Crippen molar-refractivity contribution < 1.29 is 17.6 Å². The Morgan fingerprint density at radius 3 is 2.12 bits per heavy atom. The van der Waals surface area contributed by atoms with E-state index in [2.05, 4.69) is 10.0 Å². The second-order valence-electron chi connectivity index (χ2n) is 6.43. The van der Waals surface area contributed by atoms with Crippen LogP contribution >= 0.6 is 0 Å². The van der Waals surface area contributed by atoms with Crippen molar-refractivity contribution in [2.75, 3.05) is 11.9 Å². The van der Waals surface area contributed by atoms with Crippen LogP contribution in [-0.4, -0.2) is 26.1 Å². The quantitative estimate of drug-likeness (QED) is 0.774. The van der Waals surface area contributed by atoms with E-state index in [1.807, 2.05) is 19.1 Å². The summed E-state index contributed by atoms with van der Waals surface area (Å²) < 4.78 is 39.1. The van der Waals surface area contributed by atoms with Crippen molar-refractivity contribution in [1.82, 2.24) is 4.72 Å². The molecule has 0 radical (unpaired) electrons. The third kappa shape index (κ3) is 5.37. The van der Waals surface area contributed by atoms with Gasteiger partial charge < -0.3 is 5.32 Å². The Morgan fingerprint density at radius 2 is 1.58 bits per heavy atom. The molecule has 26 heavy (non-hydrogen) atoms. The van der Waals surface area contributed by atoms with Gasteiger partial charge in [0, 0.05) is 17.8 Å². The second-order valence-corrected chi connectivity index (χ2v) is 8.75. The Labute approximate surface area is 153 Å². The summed E-state index contributed by atoms with van der Waals surface area (Å²) in [5, 5.41) is 2.27. The first kappa shape index (κ1) is 20.1. The molecule has 1 amide bonds. The zero-order chi connectivity index (χ0) is 19.3. The van der Waals surface area contributed by atoms with E-state index in [0.29, 0.717) is 17.8 Å². The van der Waals surface area contributed by atoms with Crippen LogP contribution in [0.5, 0.6) is 0 Å². The number of benzene rings is 2. The number of halogens is 1. The third-order valence-corrected chi connectivity index (χ3v) is 5.87. The average molecular weight is 378 g/mol. The van der Waals surface area contributed by atoms with Crippen LogP contribution in [0.15, 0.2) is 48.5 Å². The number of hydrogen-bond acceptors (Lipinski definition) is 3. The standard InChI is InChI=1S/C19H23FN2O3S/c1-13(2)26(24,25)21-12-14(3)15-6-10-18(11-7-15)22-19(23)16-4-8-17(20)9-5-16/h4-11,13-14,21H,12H2,1-3H3,(H,22,23). The van der Waals surface area contributed by atoms with Gasteiger partial charge in [0.25, 0.3) is 5.91 Å². The molecule has 0 aliphatic rings. The lowest BCUT2D eigenvalue weighted by Gasteiger charge is -2.15. The van der Waals surface area contributed by atoms with Gasteiger partial charge in [-0.2, -0.15) is 0 Å². The van der Waals surface area contributed by atoms with Crippen molar-refractivity contribution >= 4 is 21.6 Å². The highest BCUT2D eigenvalue weighted by Crippen LogP contribution is 2.18. The van der Waals surface area contributed by atoms with E-state index in [1.165, 1.54) is 24.3 Å². The lowest BCUT2D eigenvalue weighted by atomic mass is 10.0. The van der Waals surface area contributed by atoms with Gasteiger partial charge in [0.15, 0.2) is 0 Å². The topological polar surface area (TPSA) is 75.3 Å². The molecule has 0 fully saturated rings. The maximum Gasteiger partial charge on any atom is 0.255 e. The maximum absolute atomic E-state index is 12.9. The van der Waals surface area contributed by atoms with Gasteiger partial charge in [-0.3, -0.25) is 4.79 Å². The molecule has 2 rings (SSSR count). The van der Waals surface area contributed by atoms with Crippen molar-refractivity contribution in [3.63, 3.8) is 0 Å². The molecule has 0 aliphatic heterocycles. The Bertz CT molecular complexity index is 847. The first-order chi connectivity index (χ1) is 12.2. The highest BCUT2D eigenvalue weighted by molar-refractivity contribution is 7.90.